The molecule has 1 aliphatic rings. The van der Waals surface area contributed by atoms with Gasteiger partial charge in [-0.25, -0.2) is 4.98 Å². The van der Waals surface area contributed by atoms with Crippen LogP contribution in [0, 0.1) is 13.8 Å². The molecular weight excluding hydrogens is 260 g/mol. The smallest absolute Gasteiger partial charge is 0.216 e. The molecule has 2 aromatic heterocycles. The molecule has 2 aromatic rings. The Balaban J connectivity index is 1.64. The van der Waals surface area contributed by atoms with Gasteiger partial charge in [-0.1, -0.05) is 0 Å². The number of ether oxygens (including phenoxy) is 2. The van der Waals surface area contributed by atoms with Crippen molar-refractivity contribution in [1.29, 1.82) is 0 Å². The molecule has 20 heavy (non-hydrogen) atoms. The number of nitrogens with two attached hydrogens (primary N) is 1. The SMILES string of the molecule is Cc1nc(Cn2cc(O[C@@H]3COC[C@@H]3N)cn2)oc1C. The van der Waals surface area contributed by atoms with Crippen molar-refractivity contribution in [2.45, 2.75) is 32.5 Å². The lowest BCUT2D eigenvalue weighted by Gasteiger charge is -2.13. The molecule has 7 nitrogen and oxygen atoms in total. The van der Waals surface area contributed by atoms with E-state index in [-0.39, 0.29) is 12.1 Å². The second kappa shape index (κ2) is 5.26. The van der Waals surface area contributed by atoms with E-state index in [2.05, 4.69) is 10.1 Å². The fraction of sp³-hybridized carbons (Fsp3) is 0.538. The van der Waals surface area contributed by atoms with Gasteiger partial charge in [-0.3, -0.25) is 4.68 Å². The van der Waals surface area contributed by atoms with E-state index in [1.54, 1.807) is 17.1 Å². The van der Waals surface area contributed by atoms with Crippen molar-refractivity contribution in [1.82, 2.24) is 14.8 Å². The van der Waals surface area contributed by atoms with Crippen LogP contribution in [-0.2, 0) is 11.3 Å². The molecule has 0 aliphatic carbocycles. The molecule has 108 valence electrons. The highest BCUT2D eigenvalue weighted by atomic mass is 16.5. The van der Waals surface area contributed by atoms with Crippen LogP contribution in [0.1, 0.15) is 17.3 Å². The second-order valence-corrected chi connectivity index (χ2v) is 4.98. The Morgan fingerprint density at radius 2 is 2.30 bits per heavy atom. The second-order valence-electron chi connectivity index (χ2n) is 4.98. The molecule has 1 saturated heterocycles. The Labute approximate surface area is 116 Å². The van der Waals surface area contributed by atoms with E-state index in [0.29, 0.717) is 31.4 Å². The molecule has 2 atom stereocenters. The van der Waals surface area contributed by atoms with Gasteiger partial charge in [-0.15, -0.1) is 0 Å². The van der Waals surface area contributed by atoms with Gasteiger partial charge < -0.3 is 19.6 Å². The van der Waals surface area contributed by atoms with E-state index in [9.17, 15) is 0 Å². The average Bonchev–Trinajstić information content (AvgIpc) is 3.07. The summed E-state index contributed by atoms with van der Waals surface area (Å²) in [4.78, 5) is 4.32. The Hall–Kier alpha value is -1.86. The highest BCUT2D eigenvalue weighted by Crippen LogP contribution is 2.16. The van der Waals surface area contributed by atoms with Gasteiger partial charge in [0.15, 0.2) is 5.75 Å². The topological polar surface area (TPSA) is 88.3 Å². The first kappa shape index (κ1) is 13.1. The van der Waals surface area contributed by atoms with Crippen molar-refractivity contribution >= 4 is 0 Å². The number of aryl methyl sites for hydroxylation is 2. The summed E-state index contributed by atoms with van der Waals surface area (Å²) in [5.74, 6) is 2.14. The largest absolute Gasteiger partial charge is 0.483 e. The van der Waals surface area contributed by atoms with Crippen molar-refractivity contribution < 1.29 is 13.9 Å². The number of hydrogen-bond acceptors (Lipinski definition) is 6. The van der Waals surface area contributed by atoms with Crippen molar-refractivity contribution in [3.63, 3.8) is 0 Å². The van der Waals surface area contributed by atoms with Crippen LogP contribution in [0.25, 0.3) is 0 Å². The maximum Gasteiger partial charge on any atom is 0.216 e. The lowest BCUT2D eigenvalue weighted by Crippen LogP contribution is -2.37. The molecule has 0 radical (unpaired) electrons. The fourth-order valence-corrected chi connectivity index (χ4v) is 2.08. The zero-order valence-electron chi connectivity index (χ0n) is 11.6. The molecule has 1 fully saturated rings. The van der Waals surface area contributed by atoms with Crippen LogP contribution in [0.2, 0.25) is 0 Å². The minimum absolute atomic E-state index is 0.0876. The van der Waals surface area contributed by atoms with E-state index < -0.39 is 0 Å². The first-order valence-corrected chi connectivity index (χ1v) is 6.57. The van der Waals surface area contributed by atoms with E-state index in [1.807, 2.05) is 13.8 Å². The van der Waals surface area contributed by atoms with E-state index in [0.717, 1.165) is 11.5 Å². The van der Waals surface area contributed by atoms with Gasteiger partial charge in [0.25, 0.3) is 0 Å². The minimum Gasteiger partial charge on any atom is -0.483 e. The van der Waals surface area contributed by atoms with Crippen LogP contribution in [-0.4, -0.2) is 40.1 Å². The summed E-state index contributed by atoms with van der Waals surface area (Å²) in [6.07, 6.45) is 3.35. The first-order chi connectivity index (χ1) is 9.61. The summed E-state index contributed by atoms with van der Waals surface area (Å²) in [6, 6.07) is -0.0876. The molecule has 3 heterocycles. The fourth-order valence-electron chi connectivity index (χ4n) is 2.08. The Kier molecular flexibility index (Phi) is 3.45. The third kappa shape index (κ3) is 2.68. The minimum atomic E-state index is -0.112. The van der Waals surface area contributed by atoms with Crippen LogP contribution in [0.3, 0.4) is 0 Å². The van der Waals surface area contributed by atoms with Gasteiger partial charge in [0.1, 0.15) is 18.4 Å². The molecule has 0 spiro atoms. The maximum atomic E-state index is 5.87. The third-order valence-electron chi connectivity index (χ3n) is 3.34. The summed E-state index contributed by atoms with van der Waals surface area (Å²) >= 11 is 0. The molecule has 0 aromatic carbocycles. The zero-order chi connectivity index (χ0) is 14.1. The summed E-state index contributed by atoms with van der Waals surface area (Å²) < 4.78 is 18.3. The highest BCUT2D eigenvalue weighted by molar-refractivity contribution is 5.14. The molecule has 7 heteroatoms. The van der Waals surface area contributed by atoms with Crippen LogP contribution in [0.15, 0.2) is 16.8 Å². The van der Waals surface area contributed by atoms with Gasteiger partial charge in [0, 0.05) is 0 Å². The van der Waals surface area contributed by atoms with E-state index >= 15 is 0 Å². The third-order valence-corrected chi connectivity index (χ3v) is 3.34. The standard InChI is InChI=1S/C13H18N4O3/c1-8-9(2)19-13(16-8)5-17-4-10(3-15-17)20-12-7-18-6-11(12)14/h3-4,11-12H,5-7,14H2,1-2H3/t11-,12+/m0/s1. The van der Waals surface area contributed by atoms with Crippen molar-refractivity contribution in [3.05, 3.63) is 29.7 Å². The van der Waals surface area contributed by atoms with Crippen LogP contribution in [0.4, 0.5) is 0 Å². The van der Waals surface area contributed by atoms with Crippen molar-refractivity contribution in [2.24, 2.45) is 5.73 Å². The Morgan fingerprint density at radius 3 is 2.95 bits per heavy atom. The predicted molar refractivity (Wildman–Crippen MR) is 70.5 cm³/mol. The molecular formula is C13H18N4O3. The van der Waals surface area contributed by atoms with Gasteiger partial charge in [-0.05, 0) is 13.8 Å². The summed E-state index contributed by atoms with van der Waals surface area (Å²) in [5.41, 5.74) is 6.78. The van der Waals surface area contributed by atoms with Gasteiger partial charge in [0.2, 0.25) is 5.89 Å². The number of oxazole rings is 1. The predicted octanol–water partition coefficient (Wildman–Crippen LogP) is 0.641. The molecule has 2 N–H and O–H groups in total. The van der Waals surface area contributed by atoms with Crippen molar-refractivity contribution in [2.75, 3.05) is 13.2 Å². The lowest BCUT2D eigenvalue weighted by molar-refractivity contribution is 0.140. The number of nitrogens with zero attached hydrogens (tertiary/aromatic N) is 3. The monoisotopic (exact) mass is 278 g/mol. The van der Waals surface area contributed by atoms with Crippen LogP contribution >= 0.6 is 0 Å². The maximum absolute atomic E-state index is 5.87. The van der Waals surface area contributed by atoms with Crippen LogP contribution < -0.4 is 10.5 Å². The molecule has 3 rings (SSSR count). The zero-order valence-corrected chi connectivity index (χ0v) is 11.6. The number of aromatic nitrogens is 3. The molecule has 0 saturated carbocycles. The van der Waals surface area contributed by atoms with Crippen molar-refractivity contribution in [3.8, 4) is 5.75 Å². The number of hydrogen-bond donors (Lipinski definition) is 1. The van der Waals surface area contributed by atoms with Gasteiger partial charge in [-0.2, -0.15) is 5.10 Å². The molecule has 0 bridgehead atoms. The summed E-state index contributed by atoms with van der Waals surface area (Å²) in [6.45, 7) is 5.34. The first-order valence-electron chi connectivity index (χ1n) is 6.57. The molecule has 0 amide bonds. The van der Waals surface area contributed by atoms with Crippen LogP contribution in [0.5, 0.6) is 5.75 Å². The van der Waals surface area contributed by atoms with E-state index in [1.165, 1.54) is 0 Å². The summed E-state index contributed by atoms with van der Waals surface area (Å²) in [5, 5.41) is 4.23. The van der Waals surface area contributed by atoms with Gasteiger partial charge in [0.05, 0.1) is 37.3 Å². The van der Waals surface area contributed by atoms with E-state index in [4.69, 9.17) is 19.6 Å². The Morgan fingerprint density at radius 1 is 1.45 bits per heavy atom. The normalized spacial score (nSPS) is 22.4. The highest BCUT2D eigenvalue weighted by Gasteiger charge is 2.27. The molecule has 0 unspecified atom stereocenters. The summed E-state index contributed by atoms with van der Waals surface area (Å²) in [7, 11) is 0. The molecule has 1 aliphatic heterocycles. The lowest BCUT2D eigenvalue weighted by atomic mass is 10.2. The number of rotatable bonds is 4. The Bertz CT molecular complexity index is 573. The van der Waals surface area contributed by atoms with Gasteiger partial charge >= 0.3 is 0 Å². The average molecular weight is 278 g/mol. The quantitative estimate of drug-likeness (QED) is 0.883.